The van der Waals surface area contributed by atoms with E-state index in [0.717, 1.165) is 23.9 Å². The third-order valence-electron chi connectivity index (χ3n) is 6.32. The molecule has 0 unspecified atom stereocenters. The first-order chi connectivity index (χ1) is 20.5. The number of hydrogen-bond acceptors (Lipinski definition) is 9. The van der Waals surface area contributed by atoms with Crippen LogP contribution in [0.25, 0.3) is 17.2 Å². The SMILES string of the molecule is COc1cc(/C=C2\SC(=S)N(CCC(=O)Nc3c(OC)cc(C(=O)O)cc3OC)C2=O)c(O)c(-c2ccc(F)c(F)c2)c1. The predicted octanol–water partition coefficient (Wildman–Crippen LogP) is 5.29. The number of amides is 2. The van der Waals surface area contributed by atoms with Gasteiger partial charge in [-0.3, -0.25) is 14.5 Å². The van der Waals surface area contributed by atoms with Gasteiger partial charge in [0.2, 0.25) is 5.91 Å². The average Bonchev–Trinajstić information content (AvgIpc) is 3.25. The molecule has 1 aliphatic heterocycles. The number of anilines is 1. The Morgan fingerprint density at radius 1 is 1.02 bits per heavy atom. The molecule has 1 saturated heterocycles. The minimum atomic E-state index is -1.21. The molecule has 0 aromatic heterocycles. The lowest BCUT2D eigenvalue weighted by Crippen LogP contribution is -2.31. The second-order valence-corrected chi connectivity index (χ2v) is 10.6. The predicted molar refractivity (Wildman–Crippen MR) is 160 cm³/mol. The van der Waals surface area contributed by atoms with Gasteiger partial charge in [0.25, 0.3) is 5.91 Å². The normalized spacial score (nSPS) is 13.8. The fourth-order valence-corrected chi connectivity index (χ4v) is 5.45. The first kappa shape index (κ1) is 31.3. The molecule has 0 aliphatic carbocycles. The van der Waals surface area contributed by atoms with Gasteiger partial charge in [-0.25, -0.2) is 13.6 Å². The molecule has 43 heavy (non-hydrogen) atoms. The largest absolute Gasteiger partial charge is 0.507 e. The van der Waals surface area contributed by atoms with Crippen LogP contribution in [-0.2, 0) is 9.59 Å². The maximum Gasteiger partial charge on any atom is 0.335 e. The van der Waals surface area contributed by atoms with Crippen LogP contribution in [0.2, 0.25) is 0 Å². The highest BCUT2D eigenvalue weighted by molar-refractivity contribution is 8.26. The standard InChI is InChI=1S/C29H24F2N2O8S2/c1-39-17-8-15(26(35)18(13-17)14-4-5-19(30)20(31)9-14)12-23-27(36)33(29(42)43-23)7-6-24(34)32-25-21(40-2)10-16(28(37)38)11-22(25)41-3/h4-5,8-13,35H,6-7H2,1-3H3,(H,32,34)(H,37,38)/b23-12-. The monoisotopic (exact) mass is 630 g/mol. The van der Waals surface area contributed by atoms with E-state index in [1.807, 2.05) is 0 Å². The third kappa shape index (κ3) is 6.70. The second kappa shape index (κ2) is 13.1. The van der Waals surface area contributed by atoms with Gasteiger partial charge in [0.15, 0.2) is 11.6 Å². The number of carbonyl (C=O) groups is 3. The molecule has 4 rings (SSSR count). The smallest absolute Gasteiger partial charge is 0.335 e. The zero-order valence-corrected chi connectivity index (χ0v) is 24.5. The number of benzene rings is 3. The number of thioether (sulfide) groups is 1. The molecule has 1 heterocycles. The molecule has 224 valence electrons. The van der Waals surface area contributed by atoms with Crippen LogP contribution in [0, 0.1) is 11.6 Å². The van der Waals surface area contributed by atoms with Crippen molar-refractivity contribution in [3.05, 3.63) is 70.1 Å². The molecule has 1 aliphatic rings. The molecule has 3 N–H and O–H groups in total. The highest BCUT2D eigenvalue weighted by Crippen LogP contribution is 2.41. The van der Waals surface area contributed by atoms with E-state index < -0.39 is 29.4 Å². The van der Waals surface area contributed by atoms with Crippen molar-refractivity contribution in [2.45, 2.75) is 6.42 Å². The Kier molecular flexibility index (Phi) is 9.51. The van der Waals surface area contributed by atoms with E-state index in [1.54, 1.807) is 0 Å². The minimum absolute atomic E-state index is 0.0690. The van der Waals surface area contributed by atoms with Gasteiger partial charge < -0.3 is 29.7 Å². The summed E-state index contributed by atoms with van der Waals surface area (Å²) in [5.41, 5.74) is 0.528. The molecular weight excluding hydrogens is 606 g/mol. The number of carboxylic acids is 1. The third-order valence-corrected chi connectivity index (χ3v) is 7.70. The fraction of sp³-hybridized carbons (Fsp3) is 0.172. The van der Waals surface area contributed by atoms with E-state index in [2.05, 4.69) is 5.32 Å². The van der Waals surface area contributed by atoms with Gasteiger partial charge in [0.1, 0.15) is 33.0 Å². The maximum absolute atomic E-state index is 13.9. The van der Waals surface area contributed by atoms with E-state index in [4.69, 9.17) is 26.4 Å². The Balaban J connectivity index is 1.53. The first-order valence-electron chi connectivity index (χ1n) is 12.4. The van der Waals surface area contributed by atoms with Crippen LogP contribution in [0.5, 0.6) is 23.0 Å². The summed E-state index contributed by atoms with van der Waals surface area (Å²) >= 11 is 6.31. The Morgan fingerprint density at radius 3 is 2.28 bits per heavy atom. The summed E-state index contributed by atoms with van der Waals surface area (Å²) in [7, 11) is 4.01. The number of phenolic OH excluding ortho intramolecular Hbond substituents is 1. The number of hydrogen-bond donors (Lipinski definition) is 3. The zero-order chi connectivity index (χ0) is 31.4. The number of phenols is 1. The number of thiocarbonyl (C=S) groups is 1. The fourth-order valence-electron chi connectivity index (χ4n) is 4.15. The Hall–Kier alpha value is -4.69. The number of methoxy groups -OCH3 is 3. The van der Waals surface area contributed by atoms with Crippen molar-refractivity contribution in [1.82, 2.24) is 4.90 Å². The summed E-state index contributed by atoms with van der Waals surface area (Å²) in [5.74, 6) is -4.26. The zero-order valence-electron chi connectivity index (χ0n) is 22.9. The average molecular weight is 631 g/mol. The molecule has 0 radical (unpaired) electrons. The molecule has 0 spiro atoms. The number of ether oxygens (including phenoxy) is 3. The van der Waals surface area contributed by atoms with Crippen molar-refractivity contribution in [2.24, 2.45) is 0 Å². The molecule has 0 atom stereocenters. The number of carboxylic acid groups (broad SMARTS) is 1. The maximum atomic E-state index is 13.9. The summed E-state index contributed by atoms with van der Waals surface area (Å²) in [4.78, 5) is 38.8. The van der Waals surface area contributed by atoms with Crippen LogP contribution in [0.15, 0.2) is 47.4 Å². The van der Waals surface area contributed by atoms with E-state index in [9.17, 15) is 33.4 Å². The van der Waals surface area contributed by atoms with Crippen LogP contribution in [0.4, 0.5) is 14.5 Å². The number of aromatic carboxylic acids is 1. The molecule has 1 fully saturated rings. The van der Waals surface area contributed by atoms with Crippen LogP contribution in [-0.4, -0.2) is 65.1 Å². The Labute approximate surface area is 253 Å². The van der Waals surface area contributed by atoms with E-state index in [0.29, 0.717) is 0 Å². The molecule has 2 amide bonds. The van der Waals surface area contributed by atoms with Gasteiger partial charge in [0.05, 0.1) is 31.8 Å². The van der Waals surface area contributed by atoms with Crippen LogP contribution in [0.3, 0.4) is 0 Å². The first-order valence-corrected chi connectivity index (χ1v) is 13.6. The molecule has 0 saturated carbocycles. The number of carbonyl (C=O) groups excluding carboxylic acids is 2. The quantitative estimate of drug-likeness (QED) is 0.200. The highest BCUT2D eigenvalue weighted by atomic mass is 32.2. The summed E-state index contributed by atoms with van der Waals surface area (Å²) in [6, 6.07) is 8.55. The van der Waals surface area contributed by atoms with E-state index in [-0.39, 0.29) is 73.1 Å². The van der Waals surface area contributed by atoms with Crippen LogP contribution in [0.1, 0.15) is 22.3 Å². The van der Waals surface area contributed by atoms with Crippen molar-refractivity contribution in [3.8, 4) is 34.1 Å². The lowest BCUT2D eigenvalue weighted by molar-refractivity contribution is -0.122. The summed E-state index contributed by atoms with van der Waals surface area (Å²) in [6.07, 6.45) is 1.21. The summed E-state index contributed by atoms with van der Waals surface area (Å²) in [6.45, 7) is -0.0874. The topological polar surface area (TPSA) is 135 Å². The highest BCUT2D eigenvalue weighted by Gasteiger charge is 2.33. The number of aromatic hydroxyl groups is 1. The molecule has 10 nitrogen and oxygen atoms in total. The van der Waals surface area contributed by atoms with Crippen molar-refractivity contribution in [3.63, 3.8) is 0 Å². The molecule has 3 aromatic carbocycles. The summed E-state index contributed by atoms with van der Waals surface area (Å²) < 4.78 is 43.3. The van der Waals surface area contributed by atoms with Gasteiger partial charge in [-0.1, -0.05) is 30.0 Å². The van der Waals surface area contributed by atoms with Gasteiger partial charge in [-0.05, 0) is 48.0 Å². The molecule has 14 heteroatoms. The van der Waals surface area contributed by atoms with Gasteiger partial charge in [0, 0.05) is 24.1 Å². The number of halogens is 2. The summed E-state index contributed by atoms with van der Waals surface area (Å²) in [5, 5.41) is 22.9. The van der Waals surface area contributed by atoms with Gasteiger partial charge >= 0.3 is 5.97 Å². The van der Waals surface area contributed by atoms with E-state index in [1.165, 1.54) is 62.6 Å². The van der Waals surface area contributed by atoms with Gasteiger partial charge in [-0.2, -0.15) is 0 Å². The van der Waals surface area contributed by atoms with Crippen LogP contribution >= 0.6 is 24.0 Å². The van der Waals surface area contributed by atoms with Gasteiger partial charge in [-0.15, -0.1) is 0 Å². The van der Waals surface area contributed by atoms with Crippen molar-refractivity contribution >= 4 is 57.8 Å². The molecular formula is C29H24F2N2O8S2. The number of nitrogens with one attached hydrogen (secondary N) is 1. The van der Waals surface area contributed by atoms with Crippen molar-refractivity contribution in [2.75, 3.05) is 33.2 Å². The van der Waals surface area contributed by atoms with Crippen molar-refractivity contribution < 1.29 is 47.6 Å². The minimum Gasteiger partial charge on any atom is -0.507 e. The molecule has 0 bridgehead atoms. The van der Waals surface area contributed by atoms with E-state index >= 15 is 0 Å². The number of rotatable bonds is 10. The Bertz CT molecular complexity index is 1650. The van der Waals surface area contributed by atoms with Crippen LogP contribution < -0.4 is 19.5 Å². The lowest BCUT2D eigenvalue weighted by Gasteiger charge is -2.17. The number of nitrogens with zero attached hydrogens (tertiary/aromatic N) is 1. The molecule has 3 aromatic rings. The Morgan fingerprint density at radius 2 is 1.70 bits per heavy atom. The van der Waals surface area contributed by atoms with Crippen molar-refractivity contribution in [1.29, 1.82) is 0 Å². The lowest BCUT2D eigenvalue weighted by atomic mass is 10.00. The second-order valence-electron chi connectivity index (χ2n) is 8.93.